The molecule has 0 amide bonds. The molecule has 56 valence electrons. The number of thioether (sulfide) groups is 1. The predicted molar refractivity (Wildman–Crippen MR) is 45.0 cm³/mol. The third kappa shape index (κ3) is 1.52. The minimum Gasteiger partial charge on any atom is -0.384 e. The van der Waals surface area contributed by atoms with Gasteiger partial charge in [-0.2, -0.15) is 0 Å². The number of hydrogen-bond acceptors (Lipinski definition) is 3. The minimum atomic E-state index is 0.184. The molecule has 1 aliphatic heterocycles. The number of hydrogen-bond donors (Lipinski definition) is 3. The quantitative estimate of drug-likeness (QED) is 0.398. The van der Waals surface area contributed by atoms with E-state index in [9.17, 15) is 0 Å². The first-order valence-electron chi connectivity index (χ1n) is 3.13. The van der Waals surface area contributed by atoms with Crippen LogP contribution in [0.25, 0.3) is 0 Å². The van der Waals surface area contributed by atoms with Crippen LogP contribution in [0, 0.1) is 5.41 Å². The van der Waals surface area contributed by atoms with Crippen LogP contribution in [0.2, 0.25) is 0 Å². The molecule has 5 N–H and O–H groups in total. The molecule has 0 saturated heterocycles. The SMILES string of the molecule is N=C(N)C1=CSC(CN)C1. The number of nitrogens with two attached hydrogens (primary N) is 2. The molecule has 3 nitrogen and oxygen atoms in total. The van der Waals surface area contributed by atoms with Crippen molar-refractivity contribution in [2.24, 2.45) is 11.5 Å². The molecule has 1 unspecified atom stereocenters. The Labute approximate surface area is 64.4 Å². The van der Waals surface area contributed by atoms with Crippen molar-refractivity contribution >= 4 is 17.6 Å². The third-order valence-electron chi connectivity index (χ3n) is 1.46. The smallest absolute Gasteiger partial charge is 0.119 e. The summed E-state index contributed by atoms with van der Waals surface area (Å²) in [5.74, 6) is 0.184. The van der Waals surface area contributed by atoms with E-state index in [0.29, 0.717) is 11.8 Å². The van der Waals surface area contributed by atoms with Crippen LogP contribution in [0.4, 0.5) is 0 Å². The van der Waals surface area contributed by atoms with Gasteiger partial charge in [0.2, 0.25) is 0 Å². The monoisotopic (exact) mass is 157 g/mol. The van der Waals surface area contributed by atoms with Crippen molar-refractivity contribution in [2.75, 3.05) is 6.54 Å². The topological polar surface area (TPSA) is 75.9 Å². The molecule has 10 heavy (non-hydrogen) atoms. The Kier molecular flexibility index (Phi) is 2.34. The van der Waals surface area contributed by atoms with Gasteiger partial charge in [-0.25, -0.2) is 0 Å². The molecule has 0 aliphatic carbocycles. The highest BCUT2D eigenvalue weighted by molar-refractivity contribution is 8.03. The lowest BCUT2D eigenvalue weighted by atomic mass is 10.1. The van der Waals surface area contributed by atoms with E-state index in [1.807, 2.05) is 5.41 Å². The molecule has 0 aromatic carbocycles. The zero-order valence-corrected chi connectivity index (χ0v) is 6.45. The van der Waals surface area contributed by atoms with Gasteiger partial charge >= 0.3 is 0 Å². The second kappa shape index (κ2) is 3.07. The molecule has 1 rings (SSSR count). The first-order chi connectivity index (χ1) is 4.74. The molecular formula is C6H11N3S. The van der Waals surface area contributed by atoms with E-state index in [4.69, 9.17) is 16.9 Å². The van der Waals surface area contributed by atoms with Crippen molar-refractivity contribution in [3.63, 3.8) is 0 Å². The summed E-state index contributed by atoms with van der Waals surface area (Å²) >= 11 is 1.67. The fraction of sp³-hybridized carbons (Fsp3) is 0.500. The van der Waals surface area contributed by atoms with Crippen molar-refractivity contribution in [2.45, 2.75) is 11.7 Å². The largest absolute Gasteiger partial charge is 0.384 e. The highest BCUT2D eigenvalue weighted by Gasteiger charge is 2.17. The van der Waals surface area contributed by atoms with Crippen LogP contribution in [-0.2, 0) is 0 Å². The van der Waals surface area contributed by atoms with E-state index in [1.165, 1.54) is 0 Å². The van der Waals surface area contributed by atoms with Crippen LogP contribution in [0.1, 0.15) is 6.42 Å². The second-order valence-corrected chi connectivity index (χ2v) is 3.43. The van der Waals surface area contributed by atoms with Crippen molar-refractivity contribution in [3.8, 4) is 0 Å². The van der Waals surface area contributed by atoms with Crippen LogP contribution in [0.3, 0.4) is 0 Å². The molecule has 0 bridgehead atoms. The first kappa shape index (κ1) is 7.63. The van der Waals surface area contributed by atoms with Crippen molar-refractivity contribution in [1.29, 1.82) is 5.41 Å². The van der Waals surface area contributed by atoms with Crippen LogP contribution in [-0.4, -0.2) is 17.6 Å². The Bertz CT molecular complexity index is 176. The van der Waals surface area contributed by atoms with Gasteiger partial charge in [0.25, 0.3) is 0 Å². The Morgan fingerprint density at radius 3 is 2.90 bits per heavy atom. The predicted octanol–water partition coefficient (Wildman–Crippen LogP) is 0.270. The van der Waals surface area contributed by atoms with E-state index >= 15 is 0 Å². The molecule has 0 saturated carbocycles. The molecule has 4 heteroatoms. The zero-order valence-electron chi connectivity index (χ0n) is 5.63. The summed E-state index contributed by atoms with van der Waals surface area (Å²) in [5, 5.41) is 9.49. The normalized spacial score (nSPS) is 24.5. The zero-order chi connectivity index (χ0) is 7.56. The van der Waals surface area contributed by atoms with Gasteiger partial charge in [-0.1, -0.05) is 0 Å². The van der Waals surface area contributed by atoms with Gasteiger partial charge in [0.15, 0.2) is 0 Å². The van der Waals surface area contributed by atoms with Crippen molar-refractivity contribution in [3.05, 3.63) is 11.0 Å². The van der Waals surface area contributed by atoms with E-state index in [-0.39, 0.29) is 5.84 Å². The molecule has 0 spiro atoms. The van der Waals surface area contributed by atoms with Crippen molar-refractivity contribution < 1.29 is 0 Å². The van der Waals surface area contributed by atoms with E-state index in [2.05, 4.69) is 0 Å². The molecule has 1 aliphatic rings. The average molecular weight is 157 g/mol. The van der Waals surface area contributed by atoms with E-state index in [1.54, 1.807) is 11.8 Å². The van der Waals surface area contributed by atoms with Crippen LogP contribution in [0.15, 0.2) is 11.0 Å². The number of amidine groups is 1. The lowest BCUT2D eigenvalue weighted by Crippen LogP contribution is -2.18. The molecule has 0 radical (unpaired) electrons. The summed E-state index contributed by atoms with van der Waals surface area (Å²) in [6.07, 6.45) is 0.858. The van der Waals surface area contributed by atoms with Gasteiger partial charge in [-0.05, 0) is 11.8 Å². The summed E-state index contributed by atoms with van der Waals surface area (Å²) < 4.78 is 0. The number of rotatable bonds is 2. The van der Waals surface area contributed by atoms with E-state index < -0.39 is 0 Å². The highest BCUT2D eigenvalue weighted by Crippen LogP contribution is 2.28. The van der Waals surface area contributed by atoms with Gasteiger partial charge in [0.1, 0.15) is 5.84 Å². The van der Waals surface area contributed by atoms with Gasteiger partial charge in [0, 0.05) is 17.4 Å². The lowest BCUT2D eigenvalue weighted by Gasteiger charge is -2.03. The molecule has 0 fully saturated rings. The summed E-state index contributed by atoms with van der Waals surface area (Å²) in [7, 11) is 0. The van der Waals surface area contributed by atoms with Crippen LogP contribution >= 0.6 is 11.8 Å². The summed E-state index contributed by atoms with van der Waals surface area (Å²) in [6, 6.07) is 0. The average Bonchev–Trinajstić information content (AvgIpc) is 2.34. The lowest BCUT2D eigenvalue weighted by molar-refractivity contribution is 0.875. The van der Waals surface area contributed by atoms with Crippen molar-refractivity contribution in [1.82, 2.24) is 0 Å². The molecule has 0 aromatic heterocycles. The first-order valence-corrected chi connectivity index (χ1v) is 4.07. The van der Waals surface area contributed by atoms with Gasteiger partial charge in [-0.3, -0.25) is 5.41 Å². The summed E-state index contributed by atoms with van der Waals surface area (Å²) in [5.41, 5.74) is 11.6. The van der Waals surface area contributed by atoms with Gasteiger partial charge in [0.05, 0.1) is 0 Å². The minimum absolute atomic E-state index is 0.184. The van der Waals surface area contributed by atoms with Gasteiger partial charge in [-0.15, -0.1) is 11.8 Å². The number of nitrogens with one attached hydrogen (secondary N) is 1. The fourth-order valence-electron chi connectivity index (χ4n) is 0.832. The standard InChI is InChI=1S/C6H11N3S/c7-2-5-1-4(3-10-5)6(8)9/h3,5H,1-2,7H2,(H3,8,9). The Balaban J connectivity index is 2.47. The maximum absolute atomic E-state index is 7.11. The molecular weight excluding hydrogens is 146 g/mol. The van der Waals surface area contributed by atoms with Crippen LogP contribution < -0.4 is 11.5 Å². The Morgan fingerprint density at radius 2 is 2.60 bits per heavy atom. The Hall–Kier alpha value is -0.480. The third-order valence-corrected chi connectivity index (χ3v) is 2.62. The molecule has 1 atom stereocenters. The fourth-order valence-corrected chi connectivity index (χ4v) is 1.80. The Morgan fingerprint density at radius 1 is 1.90 bits per heavy atom. The van der Waals surface area contributed by atoms with Crippen LogP contribution in [0.5, 0.6) is 0 Å². The second-order valence-electron chi connectivity index (χ2n) is 2.25. The molecule has 1 heterocycles. The summed E-state index contributed by atoms with van der Waals surface area (Å²) in [6.45, 7) is 0.665. The maximum Gasteiger partial charge on any atom is 0.119 e. The maximum atomic E-state index is 7.11. The molecule has 0 aromatic rings. The summed E-state index contributed by atoms with van der Waals surface area (Å²) in [4.78, 5) is 0. The van der Waals surface area contributed by atoms with Gasteiger partial charge < -0.3 is 11.5 Å². The van der Waals surface area contributed by atoms with E-state index in [0.717, 1.165) is 12.0 Å². The highest BCUT2D eigenvalue weighted by atomic mass is 32.2.